The Balaban J connectivity index is 2.44. The van der Waals surface area contributed by atoms with E-state index in [1.54, 1.807) is 0 Å². The molecule has 2 nitrogen and oxygen atoms in total. The quantitative estimate of drug-likeness (QED) is 0.762. The highest BCUT2D eigenvalue weighted by Crippen LogP contribution is 2.23. The van der Waals surface area contributed by atoms with E-state index < -0.39 is 17.7 Å². The van der Waals surface area contributed by atoms with E-state index in [2.05, 4.69) is 0 Å². The molecule has 1 aromatic rings. The molecule has 1 unspecified atom stereocenters. The summed E-state index contributed by atoms with van der Waals surface area (Å²) in [5.74, 6) is -0.595. The first kappa shape index (κ1) is 12.4. The number of benzene rings is 1. The van der Waals surface area contributed by atoms with Crippen LogP contribution in [0.25, 0.3) is 0 Å². The van der Waals surface area contributed by atoms with Crippen LogP contribution in [0.5, 0.6) is 0 Å². The number of nitrogens with two attached hydrogens (primary N) is 1. The third-order valence-corrected chi connectivity index (χ3v) is 2.96. The number of rotatable bonds is 5. The lowest BCUT2D eigenvalue weighted by atomic mass is 10.3. The van der Waals surface area contributed by atoms with Crippen LogP contribution in [0, 0.1) is 11.6 Å². The van der Waals surface area contributed by atoms with Gasteiger partial charge in [-0.15, -0.1) is 11.8 Å². The van der Waals surface area contributed by atoms with Gasteiger partial charge in [-0.2, -0.15) is 0 Å². The lowest BCUT2D eigenvalue weighted by molar-refractivity contribution is 0.180. The van der Waals surface area contributed by atoms with Crippen molar-refractivity contribution in [2.24, 2.45) is 5.73 Å². The van der Waals surface area contributed by atoms with E-state index in [9.17, 15) is 8.78 Å². The fourth-order valence-corrected chi connectivity index (χ4v) is 1.99. The molecule has 0 amide bonds. The van der Waals surface area contributed by atoms with Crippen LogP contribution in [0.1, 0.15) is 6.42 Å². The molecule has 1 atom stereocenters. The Morgan fingerprint density at radius 2 is 2.13 bits per heavy atom. The molecule has 1 rings (SSSR count). The van der Waals surface area contributed by atoms with Gasteiger partial charge in [-0.3, -0.25) is 0 Å². The molecule has 0 heterocycles. The molecule has 0 saturated carbocycles. The third kappa shape index (κ3) is 4.15. The monoisotopic (exact) mass is 233 g/mol. The molecule has 15 heavy (non-hydrogen) atoms. The lowest BCUT2D eigenvalue weighted by Gasteiger charge is -2.07. The standard InChI is InChI=1S/C10H13F2NOS/c11-7-1-2-10(9(12)5-7)15-4-3-8(14)6-13/h1-2,5,8,14H,3-4,6,13H2. The Labute approximate surface area is 91.5 Å². The number of hydrogen-bond donors (Lipinski definition) is 2. The number of hydrogen-bond acceptors (Lipinski definition) is 3. The molecule has 0 aromatic heterocycles. The molecule has 3 N–H and O–H groups in total. The van der Waals surface area contributed by atoms with Crippen molar-refractivity contribution in [2.75, 3.05) is 12.3 Å². The van der Waals surface area contributed by atoms with Crippen LogP contribution in [0.4, 0.5) is 8.78 Å². The minimum atomic E-state index is -0.584. The second-order valence-electron chi connectivity index (χ2n) is 3.10. The van der Waals surface area contributed by atoms with Gasteiger partial charge < -0.3 is 10.8 Å². The van der Waals surface area contributed by atoms with E-state index in [1.807, 2.05) is 0 Å². The highest BCUT2D eigenvalue weighted by atomic mass is 32.2. The Kier molecular flexibility index (Phi) is 5.01. The van der Waals surface area contributed by atoms with Crippen LogP contribution < -0.4 is 5.73 Å². The highest BCUT2D eigenvalue weighted by Gasteiger charge is 2.06. The summed E-state index contributed by atoms with van der Waals surface area (Å²) in [6.07, 6.45) is -0.0566. The maximum Gasteiger partial charge on any atom is 0.139 e. The van der Waals surface area contributed by atoms with Gasteiger partial charge in [-0.25, -0.2) is 8.78 Å². The summed E-state index contributed by atoms with van der Waals surface area (Å²) in [7, 11) is 0. The second-order valence-corrected chi connectivity index (χ2v) is 4.24. The van der Waals surface area contributed by atoms with Gasteiger partial charge in [0.2, 0.25) is 0 Å². The topological polar surface area (TPSA) is 46.2 Å². The van der Waals surface area contributed by atoms with E-state index in [0.717, 1.165) is 6.07 Å². The maximum absolute atomic E-state index is 13.1. The molecule has 5 heteroatoms. The maximum atomic E-state index is 13.1. The second kappa shape index (κ2) is 6.05. The van der Waals surface area contributed by atoms with Gasteiger partial charge in [0.15, 0.2) is 0 Å². The molecular weight excluding hydrogens is 220 g/mol. The van der Waals surface area contributed by atoms with E-state index in [-0.39, 0.29) is 6.54 Å². The van der Waals surface area contributed by atoms with E-state index in [0.29, 0.717) is 17.1 Å². The first-order valence-corrected chi connectivity index (χ1v) is 5.58. The van der Waals surface area contributed by atoms with Gasteiger partial charge in [0.05, 0.1) is 6.10 Å². The van der Waals surface area contributed by atoms with Crippen LogP contribution in [0.15, 0.2) is 23.1 Å². The zero-order chi connectivity index (χ0) is 11.3. The molecule has 0 radical (unpaired) electrons. The zero-order valence-electron chi connectivity index (χ0n) is 8.12. The van der Waals surface area contributed by atoms with Crippen LogP contribution in [-0.4, -0.2) is 23.5 Å². The van der Waals surface area contributed by atoms with Crippen LogP contribution in [0.2, 0.25) is 0 Å². The van der Waals surface area contributed by atoms with Crippen molar-refractivity contribution in [3.8, 4) is 0 Å². The van der Waals surface area contributed by atoms with Gasteiger partial charge in [0.1, 0.15) is 11.6 Å². The summed E-state index contributed by atoms with van der Waals surface area (Å²) in [4.78, 5) is 0.389. The fourth-order valence-electron chi connectivity index (χ4n) is 1.02. The van der Waals surface area contributed by atoms with Gasteiger partial charge >= 0.3 is 0 Å². The average molecular weight is 233 g/mol. The summed E-state index contributed by atoms with van der Waals surface area (Å²) in [6.45, 7) is 0.201. The normalized spacial score (nSPS) is 12.8. The molecule has 0 aliphatic heterocycles. The predicted octanol–water partition coefficient (Wildman–Crippen LogP) is 1.77. The minimum Gasteiger partial charge on any atom is -0.392 e. The first-order valence-electron chi connectivity index (χ1n) is 4.59. The van der Waals surface area contributed by atoms with Crippen molar-refractivity contribution in [3.63, 3.8) is 0 Å². The van der Waals surface area contributed by atoms with Gasteiger partial charge in [0, 0.05) is 23.3 Å². The van der Waals surface area contributed by atoms with Crippen molar-refractivity contribution in [1.29, 1.82) is 0 Å². The van der Waals surface area contributed by atoms with Crippen molar-refractivity contribution >= 4 is 11.8 Å². The highest BCUT2D eigenvalue weighted by molar-refractivity contribution is 7.99. The van der Waals surface area contributed by atoms with Crippen LogP contribution >= 0.6 is 11.8 Å². The van der Waals surface area contributed by atoms with Crippen molar-refractivity contribution in [3.05, 3.63) is 29.8 Å². The van der Waals surface area contributed by atoms with Crippen molar-refractivity contribution in [1.82, 2.24) is 0 Å². The predicted molar refractivity (Wildman–Crippen MR) is 56.8 cm³/mol. The van der Waals surface area contributed by atoms with Crippen molar-refractivity contribution < 1.29 is 13.9 Å². The van der Waals surface area contributed by atoms with E-state index in [1.165, 1.54) is 23.9 Å². The minimum absolute atomic E-state index is 0.201. The Morgan fingerprint density at radius 1 is 1.40 bits per heavy atom. The SMILES string of the molecule is NCC(O)CCSc1ccc(F)cc1F. The number of thioether (sulfide) groups is 1. The fraction of sp³-hybridized carbons (Fsp3) is 0.400. The summed E-state index contributed by atoms with van der Waals surface area (Å²) < 4.78 is 25.7. The Bertz CT molecular complexity index is 322. The molecule has 1 aromatic carbocycles. The molecular formula is C10H13F2NOS. The molecule has 0 aliphatic carbocycles. The van der Waals surface area contributed by atoms with Crippen LogP contribution in [0.3, 0.4) is 0 Å². The number of aliphatic hydroxyl groups excluding tert-OH is 1. The molecule has 0 bridgehead atoms. The zero-order valence-corrected chi connectivity index (χ0v) is 8.94. The van der Waals surface area contributed by atoms with Gasteiger partial charge in [0.25, 0.3) is 0 Å². The summed E-state index contributed by atoms with van der Waals surface area (Å²) in [6, 6.07) is 3.45. The molecule has 0 aliphatic rings. The summed E-state index contributed by atoms with van der Waals surface area (Å²) >= 11 is 1.24. The molecule has 0 saturated heterocycles. The molecule has 84 valence electrons. The largest absolute Gasteiger partial charge is 0.392 e. The first-order chi connectivity index (χ1) is 7.13. The van der Waals surface area contributed by atoms with Gasteiger partial charge in [-0.1, -0.05) is 0 Å². The average Bonchev–Trinajstić information content (AvgIpc) is 2.21. The van der Waals surface area contributed by atoms with Gasteiger partial charge in [-0.05, 0) is 18.6 Å². The summed E-state index contributed by atoms with van der Waals surface area (Å²) in [5.41, 5.74) is 5.22. The van der Waals surface area contributed by atoms with Crippen LogP contribution in [-0.2, 0) is 0 Å². The van der Waals surface area contributed by atoms with E-state index >= 15 is 0 Å². The molecule has 0 spiro atoms. The number of halogens is 2. The van der Waals surface area contributed by atoms with Crippen molar-refractivity contribution in [2.45, 2.75) is 17.4 Å². The molecule has 0 fully saturated rings. The Hall–Kier alpha value is -0.650. The number of aliphatic hydroxyl groups is 1. The Morgan fingerprint density at radius 3 is 2.73 bits per heavy atom. The van der Waals surface area contributed by atoms with E-state index in [4.69, 9.17) is 10.8 Å². The smallest absolute Gasteiger partial charge is 0.139 e. The summed E-state index contributed by atoms with van der Waals surface area (Å²) in [5, 5.41) is 9.16. The lowest BCUT2D eigenvalue weighted by Crippen LogP contribution is -2.20. The third-order valence-electron chi connectivity index (χ3n) is 1.87.